The first kappa shape index (κ1) is 14.3. The van der Waals surface area contributed by atoms with Crippen molar-refractivity contribution in [2.75, 3.05) is 31.1 Å². The zero-order valence-corrected chi connectivity index (χ0v) is 12.1. The Bertz CT molecular complexity index is 525. The van der Waals surface area contributed by atoms with Crippen LogP contribution in [-0.2, 0) is 0 Å². The van der Waals surface area contributed by atoms with E-state index in [1.807, 2.05) is 4.90 Å². The van der Waals surface area contributed by atoms with Gasteiger partial charge in [0, 0.05) is 31.2 Å². The smallest absolute Gasteiger partial charge is 0.254 e. The van der Waals surface area contributed by atoms with Gasteiger partial charge in [-0.05, 0) is 43.9 Å². The first-order chi connectivity index (χ1) is 10.2. The summed E-state index contributed by atoms with van der Waals surface area (Å²) in [6.07, 6.45) is 4.12. The van der Waals surface area contributed by atoms with Crippen molar-refractivity contribution in [3.05, 3.63) is 29.6 Å². The van der Waals surface area contributed by atoms with Crippen molar-refractivity contribution in [3.63, 3.8) is 0 Å². The molecule has 1 heterocycles. The second-order valence-electron chi connectivity index (χ2n) is 5.81. The average molecular weight is 292 g/mol. The molecule has 1 aromatic carbocycles. The lowest BCUT2D eigenvalue weighted by atomic mass is 10.1. The van der Waals surface area contributed by atoms with E-state index in [4.69, 9.17) is 5.11 Å². The van der Waals surface area contributed by atoms with E-state index in [-0.39, 0.29) is 24.4 Å². The molecule has 2 fully saturated rings. The van der Waals surface area contributed by atoms with Gasteiger partial charge < -0.3 is 14.9 Å². The van der Waals surface area contributed by atoms with Gasteiger partial charge in [-0.1, -0.05) is 0 Å². The summed E-state index contributed by atoms with van der Waals surface area (Å²) in [7, 11) is 0. The highest BCUT2D eigenvalue weighted by molar-refractivity contribution is 5.95. The zero-order valence-electron chi connectivity index (χ0n) is 12.1. The van der Waals surface area contributed by atoms with E-state index in [1.165, 1.54) is 6.07 Å². The van der Waals surface area contributed by atoms with Crippen molar-refractivity contribution in [1.29, 1.82) is 0 Å². The van der Waals surface area contributed by atoms with Gasteiger partial charge in [0.2, 0.25) is 0 Å². The molecule has 0 bridgehead atoms. The molecule has 21 heavy (non-hydrogen) atoms. The maximum Gasteiger partial charge on any atom is 0.254 e. The molecule has 114 valence electrons. The predicted molar refractivity (Wildman–Crippen MR) is 79.0 cm³/mol. The van der Waals surface area contributed by atoms with Gasteiger partial charge in [0.15, 0.2) is 0 Å². The first-order valence-corrected chi connectivity index (χ1v) is 7.67. The molecule has 0 spiro atoms. The van der Waals surface area contributed by atoms with E-state index in [2.05, 4.69) is 0 Å². The summed E-state index contributed by atoms with van der Waals surface area (Å²) in [6.45, 7) is 2.02. The van der Waals surface area contributed by atoms with E-state index < -0.39 is 0 Å². The van der Waals surface area contributed by atoms with Gasteiger partial charge in [-0.15, -0.1) is 0 Å². The minimum absolute atomic E-state index is 0.0589. The molecule has 1 N–H and O–H groups in total. The maximum atomic E-state index is 14.3. The number of aliphatic hydroxyl groups excluding tert-OH is 1. The van der Waals surface area contributed by atoms with E-state index in [0.29, 0.717) is 17.8 Å². The molecule has 1 aromatic rings. The van der Waals surface area contributed by atoms with Crippen molar-refractivity contribution in [1.82, 2.24) is 4.90 Å². The Hall–Kier alpha value is -1.62. The van der Waals surface area contributed by atoms with Gasteiger partial charge >= 0.3 is 0 Å². The van der Waals surface area contributed by atoms with Crippen molar-refractivity contribution < 1.29 is 14.3 Å². The highest BCUT2D eigenvalue weighted by atomic mass is 19.1. The average Bonchev–Trinajstić information content (AvgIpc) is 3.18. The summed E-state index contributed by atoms with van der Waals surface area (Å²) in [6, 6.07) is 4.96. The predicted octanol–water partition coefficient (Wildman–Crippen LogP) is 2.02. The molecule has 5 heteroatoms. The lowest BCUT2D eigenvalue weighted by molar-refractivity contribution is 0.0707. The monoisotopic (exact) mass is 292 g/mol. The Labute approximate surface area is 124 Å². The first-order valence-electron chi connectivity index (χ1n) is 7.67. The number of benzene rings is 1. The van der Waals surface area contributed by atoms with Gasteiger partial charge in [0.1, 0.15) is 5.82 Å². The van der Waals surface area contributed by atoms with E-state index in [1.54, 1.807) is 17.0 Å². The van der Waals surface area contributed by atoms with Crippen LogP contribution in [0.5, 0.6) is 0 Å². The van der Waals surface area contributed by atoms with Crippen LogP contribution in [0.15, 0.2) is 18.2 Å². The molecule has 4 nitrogen and oxygen atoms in total. The second-order valence-corrected chi connectivity index (χ2v) is 5.81. The number of hydrogen-bond donors (Lipinski definition) is 1. The van der Waals surface area contributed by atoms with Gasteiger partial charge in [-0.2, -0.15) is 0 Å². The Morgan fingerprint density at radius 1 is 1.33 bits per heavy atom. The minimum Gasteiger partial charge on any atom is -0.395 e. The Morgan fingerprint density at radius 3 is 2.62 bits per heavy atom. The maximum absolute atomic E-state index is 14.3. The fourth-order valence-electron chi connectivity index (χ4n) is 2.96. The zero-order chi connectivity index (χ0) is 14.8. The molecule has 3 rings (SSSR count). The SMILES string of the molecule is O=C(c1ccc(N2CCCC2)c(F)c1)N(CCO)C1CC1. The van der Waals surface area contributed by atoms with Crippen LogP contribution in [0.25, 0.3) is 0 Å². The summed E-state index contributed by atoms with van der Waals surface area (Å²) in [5, 5.41) is 9.08. The number of rotatable bonds is 5. The largest absolute Gasteiger partial charge is 0.395 e. The molecule has 1 aliphatic carbocycles. The third-order valence-corrected chi connectivity index (χ3v) is 4.23. The fourth-order valence-corrected chi connectivity index (χ4v) is 2.96. The van der Waals surface area contributed by atoms with Crippen LogP contribution in [0.4, 0.5) is 10.1 Å². The molecule has 1 aliphatic heterocycles. The molecule has 1 amide bonds. The normalized spacial score (nSPS) is 18.1. The lowest BCUT2D eigenvalue weighted by Crippen LogP contribution is -2.35. The van der Waals surface area contributed by atoms with Crippen LogP contribution in [0, 0.1) is 5.82 Å². The number of carbonyl (C=O) groups excluding carboxylic acids is 1. The molecule has 1 saturated heterocycles. The summed E-state index contributed by atoms with van der Waals surface area (Å²) >= 11 is 0. The van der Waals surface area contributed by atoms with Crippen LogP contribution in [0.2, 0.25) is 0 Å². The number of hydrogen-bond acceptors (Lipinski definition) is 3. The van der Waals surface area contributed by atoms with Gasteiger partial charge in [-0.3, -0.25) is 4.79 Å². The molecule has 0 radical (unpaired) electrons. The van der Waals surface area contributed by atoms with Gasteiger partial charge in [-0.25, -0.2) is 4.39 Å². The molecular weight excluding hydrogens is 271 g/mol. The van der Waals surface area contributed by atoms with Crippen molar-refractivity contribution in [3.8, 4) is 0 Å². The molecule has 2 aliphatic rings. The fraction of sp³-hybridized carbons (Fsp3) is 0.562. The Balaban J connectivity index is 1.78. The quantitative estimate of drug-likeness (QED) is 0.903. The molecular formula is C16H21FN2O2. The van der Waals surface area contributed by atoms with Crippen LogP contribution in [0.1, 0.15) is 36.0 Å². The molecule has 0 aromatic heterocycles. The third kappa shape index (κ3) is 3.02. The van der Waals surface area contributed by atoms with Crippen LogP contribution in [0.3, 0.4) is 0 Å². The number of carbonyl (C=O) groups is 1. The van der Waals surface area contributed by atoms with Gasteiger partial charge in [0.05, 0.1) is 12.3 Å². The van der Waals surface area contributed by atoms with Crippen molar-refractivity contribution in [2.45, 2.75) is 31.7 Å². The van der Waals surface area contributed by atoms with Crippen LogP contribution in [-0.4, -0.2) is 48.2 Å². The highest BCUT2D eigenvalue weighted by Crippen LogP contribution is 2.29. The van der Waals surface area contributed by atoms with E-state index in [9.17, 15) is 9.18 Å². The minimum atomic E-state index is -0.331. The summed E-state index contributed by atoms with van der Waals surface area (Å²) in [5.41, 5.74) is 0.958. The number of nitrogens with zero attached hydrogens (tertiary/aromatic N) is 2. The molecule has 0 atom stereocenters. The Kier molecular flexibility index (Phi) is 4.10. The van der Waals surface area contributed by atoms with Crippen molar-refractivity contribution in [2.24, 2.45) is 0 Å². The number of anilines is 1. The van der Waals surface area contributed by atoms with Crippen molar-refractivity contribution >= 4 is 11.6 Å². The lowest BCUT2D eigenvalue weighted by Gasteiger charge is -2.23. The topological polar surface area (TPSA) is 43.8 Å². The standard InChI is InChI=1S/C16H21FN2O2/c17-14-11-12(3-6-15(14)18-7-1-2-8-18)16(21)19(9-10-20)13-4-5-13/h3,6,11,13,20H,1-2,4-5,7-10H2. The summed E-state index contributed by atoms with van der Waals surface area (Å²) in [5.74, 6) is -0.513. The molecule has 0 unspecified atom stereocenters. The number of aliphatic hydroxyl groups is 1. The molecule has 1 saturated carbocycles. The number of amides is 1. The highest BCUT2D eigenvalue weighted by Gasteiger charge is 2.33. The number of halogens is 1. The van der Waals surface area contributed by atoms with Gasteiger partial charge in [0.25, 0.3) is 5.91 Å². The van der Waals surface area contributed by atoms with E-state index >= 15 is 0 Å². The second kappa shape index (κ2) is 6.02. The van der Waals surface area contributed by atoms with Crippen LogP contribution < -0.4 is 4.90 Å². The third-order valence-electron chi connectivity index (χ3n) is 4.23. The van der Waals surface area contributed by atoms with E-state index in [0.717, 1.165) is 38.8 Å². The Morgan fingerprint density at radius 2 is 2.05 bits per heavy atom. The summed E-state index contributed by atoms with van der Waals surface area (Å²) < 4.78 is 14.3. The van der Waals surface area contributed by atoms with Crippen LogP contribution >= 0.6 is 0 Å². The summed E-state index contributed by atoms with van der Waals surface area (Å²) in [4.78, 5) is 16.1.